The Bertz CT molecular complexity index is 629. The minimum absolute atomic E-state index is 0.353. The summed E-state index contributed by atoms with van der Waals surface area (Å²) in [5.41, 5.74) is 2.81. The molecule has 0 unspecified atom stereocenters. The van der Waals surface area contributed by atoms with Crippen molar-refractivity contribution in [3.05, 3.63) is 61.5 Å². The Labute approximate surface area is 141 Å². The molecule has 0 saturated carbocycles. The molecule has 0 fully saturated rings. The van der Waals surface area contributed by atoms with Crippen LogP contribution in [0.3, 0.4) is 0 Å². The second kappa shape index (κ2) is 7.04. The Morgan fingerprint density at radius 1 is 1.10 bits per heavy atom. The van der Waals surface area contributed by atoms with Gasteiger partial charge in [-0.05, 0) is 42.8 Å². The minimum Gasteiger partial charge on any atom is -0.488 e. The number of halogens is 4. The van der Waals surface area contributed by atoms with E-state index in [4.69, 9.17) is 39.5 Å². The van der Waals surface area contributed by atoms with Gasteiger partial charge in [0.15, 0.2) is 0 Å². The first-order chi connectivity index (χ1) is 9.51. The van der Waals surface area contributed by atoms with Gasteiger partial charge in [0.25, 0.3) is 0 Å². The van der Waals surface area contributed by atoms with E-state index in [0.29, 0.717) is 22.5 Å². The number of hydrogen-bond acceptors (Lipinski definition) is 1. The third-order valence-corrected chi connectivity index (χ3v) is 4.19. The van der Waals surface area contributed by atoms with Gasteiger partial charge in [0, 0.05) is 25.6 Å². The van der Waals surface area contributed by atoms with Gasteiger partial charge in [-0.2, -0.15) is 0 Å². The number of hydrogen-bond donors (Lipinski definition) is 0. The van der Waals surface area contributed by atoms with Gasteiger partial charge in [0.05, 0.1) is 5.88 Å². The number of aryl methyl sites for hydroxylation is 1. The zero-order chi connectivity index (χ0) is 14.7. The molecule has 0 atom stereocenters. The summed E-state index contributed by atoms with van der Waals surface area (Å²) < 4.78 is 6.87. The average Bonchev–Trinajstić information content (AvgIpc) is 2.40. The van der Waals surface area contributed by atoms with Crippen molar-refractivity contribution >= 4 is 50.7 Å². The van der Waals surface area contributed by atoms with E-state index in [1.165, 1.54) is 0 Å². The molecule has 0 N–H and O–H groups in total. The van der Waals surface area contributed by atoms with Crippen LogP contribution >= 0.6 is 50.7 Å². The van der Waals surface area contributed by atoms with Crippen molar-refractivity contribution in [2.24, 2.45) is 0 Å². The van der Waals surface area contributed by atoms with Gasteiger partial charge in [-0.1, -0.05) is 39.1 Å². The highest BCUT2D eigenvalue weighted by atomic mass is 79.9. The molecule has 1 nitrogen and oxygen atoms in total. The van der Waals surface area contributed by atoms with Crippen LogP contribution in [0, 0.1) is 6.92 Å². The molecular weight excluding hydrogens is 382 g/mol. The smallest absolute Gasteiger partial charge is 0.127 e. The number of benzene rings is 2. The van der Waals surface area contributed by atoms with Crippen molar-refractivity contribution < 1.29 is 4.74 Å². The summed E-state index contributed by atoms with van der Waals surface area (Å²) in [7, 11) is 0. The predicted molar refractivity (Wildman–Crippen MR) is 89.2 cm³/mol. The van der Waals surface area contributed by atoms with E-state index in [1.807, 2.05) is 19.1 Å². The lowest BCUT2D eigenvalue weighted by molar-refractivity contribution is 0.301. The van der Waals surface area contributed by atoms with E-state index in [1.54, 1.807) is 18.2 Å². The fourth-order valence-corrected chi connectivity index (χ4v) is 3.09. The van der Waals surface area contributed by atoms with Crippen molar-refractivity contribution in [2.75, 3.05) is 0 Å². The number of ether oxygens (including phenoxy) is 1. The maximum absolute atomic E-state index is 6.13. The van der Waals surface area contributed by atoms with Crippen LogP contribution in [0.15, 0.2) is 34.8 Å². The summed E-state index contributed by atoms with van der Waals surface area (Å²) >= 11 is 21.5. The zero-order valence-electron chi connectivity index (χ0n) is 10.7. The molecule has 0 saturated heterocycles. The summed E-state index contributed by atoms with van der Waals surface area (Å²) in [6, 6.07) is 9.26. The molecule has 20 heavy (non-hydrogen) atoms. The third-order valence-electron chi connectivity index (χ3n) is 2.84. The summed E-state index contributed by atoms with van der Waals surface area (Å²) in [4.78, 5) is 0. The second-order valence-corrected chi connectivity index (χ2v) is 6.40. The van der Waals surface area contributed by atoms with Crippen LogP contribution in [-0.2, 0) is 12.5 Å². The quantitative estimate of drug-likeness (QED) is 0.547. The van der Waals surface area contributed by atoms with Crippen LogP contribution in [0.1, 0.15) is 16.7 Å². The molecule has 0 radical (unpaired) electrons. The normalized spacial score (nSPS) is 10.7. The van der Waals surface area contributed by atoms with Crippen LogP contribution in [0.4, 0.5) is 0 Å². The largest absolute Gasteiger partial charge is 0.488 e. The number of rotatable bonds is 4. The van der Waals surface area contributed by atoms with Crippen molar-refractivity contribution in [2.45, 2.75) is 19.4 Å². The molecular formula is C15H12BrCl3O. The van der Waals surface area contributed by atoms with Gasteiger partial charge < -0.3 is 4.74 Å². The molecule has 106 valence electrons. The van der Waals surface area contributed by atoms with E-state index in [-0.39, 0.29) is 0 Å². The van der Waals surface area contributed by atoms with Crippen LogP contribution in [0.25, 0.3) is 0 Å². The van der Waals surface area contributed by atoms with Crippen molar-refractivity contribution in [1.82, 2.24) is 0 Å². The highest BCUT2D eigenvalue weighted by Crippen LogP contribution is 2.31. The average molecular weight is 395 g/mol. The Hall–Kier alpha value is -0.410. The molecule has 5 heteroatoms. The topological polar surface area (TPSA) is 9.23 Å². The van der Waals surface area contributed by atoms with Crippen molar-refractivity contribution in [1.29, 1.82) is 0 Å². The predicted octanol–water partition coefficient (Wildman–Crippen LogP) is 6.38. The molecule has 2 rings (SSSR count). The molecule has 0 spiro atoms. The monoisotopic (exact) mass is 392 g/mol. The van der Waals surface area contributed by atoms with Gasteiger partial charge >= 0.3 is 0 Å². The Kier molecular flexibility index (Phi) is 5.62. The summed E-state index contributed by atoms with van der Waals surface area (Å²) in [6.07, 6.45) is 0. The first-order valence-corrected chi connectivity index (χ1v) is 8.01. The first kappa shape index (κ1) is 16.0. The Morgan fingerprint density at radius 2 is 1.85 bits per heavy atom. The summed E-state index contributed by atoms with van der Waals surface area (Å²) in [5, 5.41) is 1.27. The van der Waals surface area contributed by atoms with Gasteiger partial charge in [-0.25, -0.2) is 0 Å². The van der Waals surface area contributed by atoms with Crippen LogP contribution in [-0.4, -0.2) is 0 Å². The third kappa shape index (κ3) is 3.82. The molecule has 0 amide bonds. The molecule has 2 aromatic carbocycles. The molecule has 2 aromatic rings. The second-order valence-electron chi connectivity index (χ2n) is 4.37. The van der Waals surface area contributed by atoms with Crippen LogP contribution < -0.4 is 4.74 Å². The molecule has 0 aliphatic rings. The van der Waals surface area contributed by atoms with E-state index in [9.17, 15) is 0 Å². The molecule has 0 aromatic heterocycles. The zero-order valence-corrected chi connectivity index (χ0v) is 14.6. The maximum Gasteiger partial charge on any atom is 0.127 e. The first-order valence-electron chi connectivity index (χ1n) is 5.93. The fourth-order valence-electron chi connectivity index (χ4n) is 1.91. The lowest BCUT2D eigenvalue weighted by atomic mass is 10.1. The minimum atomic E-state index is 0.353. The number of alkyl halides is 1. The van der Waals surface area contributed by atoms with Gasteiger partial charge in [-0.15, -0.1) is 11.6 Å². The standard InChI is InChI=1S/C15H12BrCl3O/c1-9-4-12(16)5-10(7-17)15(9)20-8-11-6-13(18)2-3-14(11)19/h2-6H,7-8H2,1H3. The van der Waals surface area contributed by atoms with Crippen LogP contribution in [0.2, 0.25) is 10.0 Å². The fraction of sp³-hybridized carbons (Fsp3) is 0.200. The van der Waals surface area contributed by atoms with Gasteiger partial charge in [0.2, 0.25) is 0 Å². The van der Waals surface area contributed by atoms with Gasteiger partial charge in [-0.3, -0.25) is 0 Å². The lowest BCUT2D eigenvalue weighted by Crippen LogP contribution is -2.01. The molecule has 0 heterocycles. The summed E-state index contributed by atoms with van der Waals surface area (Å²) in [5.74, 6) is 1.18. The molecule has 0 aliphatic heterocycles. The lowest BCUT2D eigenvalue weighted by Gasteiger charge is -2.14. The van der Waals surface area contributed by atoms with E-state index in [0.717, 1.165) is 26.9 Å². The van der Waals surface area contributed by atoms with E-state index < -0.39 is 0 Å². The molecule has 0 bridgehead atoms. The van der Waals surface area contributed by atoms with Crippen LogP contribution in [0.5, 0.6) is 5.75 Å². The SMILES string of the molecule is Cc1cc(Br)cc(CCl)c1OCc1cc(Cl)ccc1Cl. The van der Waals surface area contributed by atoms with Crippen molar-refractivity contribution in [3.8, 4) is 5.75 Å². The van der Waals surface area contributed by atoms with Gasteiger partial charge in [0.1, 0.15) is 12.4 Å². The Balaban J connectivity index is 2.25. The maximum atomic E-state index is 6.13. The molecule has 0 aliphatic carbocycles. The van der Waals surface area contributed by atoms with E-state index >= 15 is 0 Å². The van der Waals surface area contributed by atoms with Crippen molar-refractivity contribution in [3.63, 3.8) is 0 Å². The Morgan fingerprint density at radius 3 is 2.55 bits per heavy atom. The summed E-state index contributed by atoms with van der Waals surface area (Å²) in [6.45, 7) is 2.33. The van der Waals surface area contributed by atoms with E-state index in [2.05, 4.69) is 15.9 Å². The highest BCUT2D eigenvalue weighted by molar-refractivity contribution is 9.10. The highest BCUT2D eigenvalue weighted by Gasteiger charge is 2.10.